The van der Waals surface area contributed by atoms with Gasteiger partial charge < -0.3 is 15.5 Å². The molecule has 1 heterocycles. The molecule has 27 heavy (non-hydrogen) atoms. The number of aliphatic hydroxyl groups excluding tert-OH is 1. The molecule has 3 unspecified atom stereocenters. The smallest absolute Gasteiger partial charge is 0.304 e. The van der Waals surface area contributed by atoms with Crippen molar-refractivity contribution in [3.05, 3.63) is 35.9 Å². The molecule has 6 heteroatoms. The number of hydrogen-bond acceptors (Lipinski definition) is 4. The number of nitrogens with zero attached hydrogens (tertiary/aromatic N) is 1. The number of carbonyl (C=O) groups is 2. The molecule has 1 aliphatic heterocycles. The van der Waals surface area contributed by atoms with Gasteiger partial charge in [0.1, 0.15) is 6.17 Å². The number of likely N-dealkylation sites (tertiary alicyclic amines) is 1. The number of amides is 1. The minimum absolute atomic E-state index is 0.00789. The molecule has 1 aromatic carbocycles. The van der Waals surface area contributed by atoms with Crippen LogP contribution < -0.4 is 5.32 Å². The first-order chi connectivity index (χ1) is 13.1. The first-order valence-electron chi connectivity index (χ1n) is 10.0. The van der Waals surface area contributed by atoms with Crippen LogP contribution in [0.5, 0.6) is 0 Å². The van der Waals surface area contributed by atoms with E-state index >= 15 is 0 Å². The van der Waals surface area contributed by atoms with Crippen molar-refractivity contribution in [3.8, 4) is 0 Å². The van der Waals surface area contributed by atoms with Crippen LogP contribution in [0.2, 0.25) is 0 Å². The van der Waals surface area contributed by atoms with Gasteiger partial charge in [-0.2, -0.15) is 0 Å². The fourth-order valence-electron chi connectivity index (χ4n) is 3.82. The van der Waals surface area contributed by atoms with Gasteiger partial charge in [-0.1, -0.05) is 56.5 Å². The molecule has 1 aromatic rings. The molecule has 0 saturated carbocycles. The Hall–Kier alpha value is -1.92. The Labute approximate surface area is 161 Å². The van der Waals surface area contributed by atoms with E-state index < -0.39 is 11.9 Å². The van der Waals surface area contributed by atoms with Gasteiger partial charge in [-0.05, 0) is 24.8 Å². The van der Waals surface area contributed by atoms with E-state index in [0.717, 1.165) is 44.2 Å². The van der Waals surface area contributed by atoms with Crippen molar-refractivity contribution in [1.29, 1.82) is 0 Å². The zero-order valence-corrected chi connectivity index (χ0v) is 16.1. The van der Waals surface area contributed by atoms with E-state index in [1.165, 1.54) is 0 Å². The summed E-state index contributed by atoms with van der Waals surface area (Å²) >= 11 is 0. The van der Waals surface area contributed by atoms with Crippen molar-refractivity contribution in [2.24, 2.45) is 5.92 Å². The van der Waals surface area contributed by atoms with E-state index in [9.17, 15) is 19.8 Å². The van der Waals surface area contributed by atoms with Crippen LogP contribution in [0.15, 0.2) is 30.3 Å². The number of carbonyl (C=O) groups excluding carboxylic acids is 1. The Morgan fingerprint density at radius 1 is 1.26 bits per heavy atom. The highest BCUT2D eigenvalue weighted by Crippen LogP contribution is 2.28. The second-order valence-corrected chi connectivity index (χ2v) is 7.33. The van der Waals surface area contributed by atoms with Crippen LogP contribution in [0.4, 0.5) is 0 Å². The van der Waals surface area contributed by atoms with Gasteiger partial charge in [0, 0.05) is 18.5 Å². The fraction of sp³-hybridized carbons (Fsp3) is 0.619. The van der Waals surface area contributed by atoms with E-state index in [0.29, 0.717) is 6.42 Å². The lowest BCUT2D eigenvalue weighted by Gasteiger charge is -2.34. The van der Waals surface area contributed by atoms with E-state index in [4.69, 9.17) is 0 Å². The van der Waals surface area contributed by atoms with Crippen molar-refractivity contribution in [1.82, 2.24) is 10.2 Å². The summed E-state index contributed by atoms with van der Waals surface area (Å²) in [6, 6.07) is 9.70. The van der Waals surface area contributed by atoms with Crippen molar-refractivity contribution < 1.29 is 19.8 Å². The molecule has 0 bridgehead atoms. The number of aliphatic hydroxyl groups is 1. The molecule has 1 saturated heterocycles. The molecule has 0 radical (unpaired) electrons. The summed E-state index contributed by atoms with van der Waals surface area (Å²) in [4.78, 5) is 26.3. The summed E-state index contributed by atoms with van der Waals surface area (Å²) in [7, 11) is 0. The fourth-order valence-corrected chi connectivity index (χ4v) is 3.82. The highest BCUT2D eigenvalue weighted by molar-refractivity contribution is 5.83. The van der Waals surface area contributed by atoms with E-state index in [2.05, 4.69) is 17.1 Å². The van der Waals surface area contributed by atoms with E-state index in [1.54, 1.807) is 0 Å². The number of carboxylic acid groups (broad SMARTS) is 1. The van der Waals surface area contributed by atoms with Gasteiger partial charge in [0.25, 0.3) is 0 Å². The maximum atomic E-state index is 12.9. The lowest BCUT2D eigenvalue weighted by atomic mass is 9.96. The molecule has 1 aliphatic rings. The van der Waals surface area contributed by atoms with Crippen LogP contribution in [-0.2, 0) is 9.59 Å². The number of carboxylic acids is 1. The number of unbranched alkanes of at least 4 members (excludes halogenated alkanes) is 2. The molecule has 1 amide bonds. The number of hydrogen-bond donors (Lipinski definition) is 3. The zero-order chi connectivity index (χ0) is 19.6. The van der Waals surface area contributed by atoms with Gasteiger partial charge in [-0.3, -0.25) is 14.5 Å². The largest absolute Gasteiger partial charge is 0.481 e. The number of aliphatic carboxylic acids is 1. The first-order valence-corrected chi connectivity index (χ1v) is 10.0. The Balaban J connectivity index is 2.16. The topological polar surface area (TPSA) is 89.9 Å². The summed E-state index contributed by atoms with van der Waals surface area (Å²) in [6.45, 7) is 2.93. The third kappa shape index (κ3) is 6.33. The Bertz CT molecular complexity index is 593. The molecule has 0 aliphatic carbocycles. The SMILES string of the molecule is CCCCCC(CC(=O)O)C(=O)NC(c1ccccc1)N1CCCC1CO. The third-order valence-electron chi connectivity index (χ3n) is 5.31. The average Bonchev–Trinajstić information content (AvgIpc) is 3.14. The third-order valence-corrected chi connectivity index (χ3v) is 5.31. The van der Waals surface area contributed by atoms with Gasteiger partial charge in [-0.15, -0.1) is 0 Å². The maximum Gasteiger partial charge on any atom is 0.304 e. The molecule has 3 N–H and O–H groups in total. The highest BCUT2D eigenvalue weighted by Gasteiger charge is 2.33. The summed E-state index contributed by atoms with van der Waals surface area (Å²) in [5.41, 5.74) is 0.953. The van der Waals surface area contributed by atoms with Crippen LogP contribution >= 0.6 is 0 Å². The minimum atomic E-state index is -0.947. The summed E-state index contributed by atoms with van der Waals surface area (Å²) < 4.78 is 0. The molecule has 150 valence electrons. The second-order valence-electron chi connectivity index (χ2n) is 7.33. The Morgan fingerprint density at radius 2 is 2.00 bits per heavy atom. The predicted octanol–water partition coefficient (Wildman–Crippen LogP) is 2.93. The van der Waals surface area contributed by atoms with Gasteiger partial charge in [0.15, 0.2) is 0 Å². The van der Waals surface area contributed by atoms with Gasteiger partial charge in [0.05, 0.1) is 13.0 Å². The molecular formula is C21H32N2O4. The first kappa shape index (κ1) is 21.4. The summed E-state index contributed by atoms with van der Waals surface area (Å²) in [5, 5.41) is 22.0. The van der Waals surface area contributed by atoms with Crippen LogP contribution in [0.25, 0.3) is 0 Å². The predicted molar refractivity (Wildman–Crippen MR) is 104 cm³/mol. The van der Waals surface area contributed by atoms with Crippen molar-refractivity contribution in [2.75, 3.05) is 13.2 Å². The second kappa shape index (κ2) is 11.0. The van der Waals surface area contributed by atoms with E-state index in [1.807, 2.05) is 30.3 Å². The average molecular weight is 376 g/mol. The monoisotopic (exact) mass is 376 g/mol. The zero-order valence-electron chi connectivity index (χ0n) is 16.1. The highest BCUT2D eigenvalue weighted by atomic mass is 16.4. The molecule has 0 aromatic heterocycles. The van der Waals surface area contributed by atoms with E-state index in [-0.39, 0.29) is 31.1 Å². The summed E-state index contributed by atoms with van der Waals surface area (Å²) in [6.07, 6.45) is 4.81. The minimum Gasteiger partial charge on any atom is -0.481 e. The number of nitrogens with one attached hydrogen (secondary N) is 1. The Kier molecular flexibility index (Phi) is 8.75. The molecule has 2 rings (SSSR count). The molecule has 3 atom stereocenters. The maximum absolute atomic E-state index is 12.9. The molecule has 0 spiro atoms. The van der Waals surface area contributed by atoms with Gasteiger partial charge >= 0.3 is 5.97 Å². The molecule has 6 nitrogen and oxygen atoms in total. The van der Waals surface area contributed by atoms with Crippen molar-refractivity contribution in [2.45, 2.75) is 64.1 Å². The van der Waals surface area contributed by atoms with Gasteiger partial charge in [0.2, 0.25) is 5.91 Å². The van der Waals surface area contributed by atoms with Crippen LogP contribution in [0.3, 0.4) is 0 Å². The van der Waals surface area contributed by atoms with Gasteiger partial charge in [-0.25, -0.2) is 0 Å². The molecular weight excluding hydrogens is 344 g/mol. The lowest BCUT2D eigenvalue weighted by molar-refractivity contribution is -0.141. The standard InChI is InChI=1S/C21H32N2O4/c1-2-3-5-11-17(14-19(25)26)21(27)22-20(16-9-6-4-7-10-16)23-13-8-12-18(23)15-24/h4,6-7,9-10,17-18,20,24H,2-3,5,8,11-15H2,1H3,(H,22,27)(H,25,26). The summed E-state index contributed by atoms with van der Waals surface area (Å²) in [5.74, 6) is -1.70. The number of benzene rings is 1. The quantitative estimate of drug-likeness (QED) is 0.517. The van der Waals surface area contributed by atoms with Crippen molar-refractivity contribution in [3.63, 3.8) is 0 Å². The number of rotatable bonds is 11. The van der Waals surface area contributed by atoms with Crippen LogP contribution in [-0.4, -0.2) is 46.2 Å². The lowest BCUT2D eigenvalue weighted by Crippen LogP contribution is -2.46. The van der Waals surface area contributed by atoms with Crippen LogP contribution in [0, 0.1) is 5.92 Å². The molecule has 1 fully saturated rings. The van der Waals surface area contributed by atoms with Crippen molar-refractivity contribution >= 4 is 11.9 Å². The normalized spacial score (nSPS) is 19.6. The van der Waals surface area contributed by atoms with Crippen LogP contribution in [0.1, 0.15) is 63.6 Å². The Morgan fingerprint density at radius 3 is 2.63 bits per heavy atom.